The second-order valence-electron chi connectivity index (χ2n) is 10.3. The van der Waals surface area contributed by atoms with Gasteiger partial charge in [0.2, 0.25) is 0 Å². The van der Waals surface area contributed by atoms with E-state index < -0.39 is 5.60 Å². The summed E-state index contributed by atoms with van der Waals surface area (Å²) >= 11 is 6.09. The molecule has 36 heavy (non-hydrogen) atoms. The molecule has 194 valence electrons. The van der Waals surface area contributed by atoms with Crippen molar-refractivity contribution in [3.05, 3.63) is 35.2 Å². The second kappa shape index (κ2) is 10.0. The van der Waals surface area contributed by atoms with Gasteiger partial charge in [-0.2, -0.15) is 0 Å². The predicted molar refractivity (Wildman–Crippen MR) is 138 cm³/mol. The summed E-state index contributed by atoms with van der Waals surface area (Å²) in [5, 5.41) is 6.05. The summed E-state index contributed by atoms with van der Waals surface area (Å²) in [4.78, 5) is 37.2. The van der Waals surface area contributed by atoms with E-state index in [-0.39, 0.29) is 22.6 Å². The standard InChI is InChI=1S/C25H33ClN6O4/c1-24(2,3)36-23(34)31-10-7-25(8-11-31)14-32(15-25)18-6-9-28-21(20(18)35-5)30-17-12-19(26)29-13-16(17)22(33)27-4/h6,9,12-13H,7-8,10-11,14-15H2,1-5H3,(H,27,33)(H,28,29,30). The first kappa shape index (κ1) is 25.8. The maximum absolute atomic E-state index is 12.4. The molecule has 0 atom stereocenters. The fraction of sp³-hybridized carbons (Fsp3) is 0.520. The Morgan fingerprint density at radius 2 is 1.86 bits per heavy atom. The van der Waals surface area contributed by atoms with Gasteiger partial charge < -0.3 is 29.9 Å². The number of hydrogen-bond acceptors (Lipinski definition) is 8. The third-order valence-electron chi connectivity index (χ3n) is 6.55. The lowest BCUT2D eigenvalue weighted by Gasteiger charge is -2.55. The molecule has 2 saturated heterocycles. The molecule has 0 radical (unpaired) electrons. The molecule has 2 aromatic rings. The highest BCUT2D eigenvalue weighted by Crippen LogP contribution is 2.46. The van der Waals surface area contributed by atoms with Crippen molar-refractivity contribution in [3.8, 4) is 5.75 Å². The number of ether oxygens (including phenoxy) is 2. The number of pyridine rings is 2. The number of methoxy groups -OCH3 is 1. The van der Waals surface area contributed by atoms with Gasteiger partial charge in [0, 0.05) is 51.0 Å². The molecule has 10 nitrogen and oxygen atoms in total. The van der Waals surface area contributed by atoms with E-state index in [1.54, 1.807) is 31.3 Å². The average molecular weight is 517 g/mol. The van der Waals surface area contributed by atoms with Gasteiger partial charge in [0.15, 0.2) is 11.6 Å². The van der Waals surface area contributed by atoms with Gasteiger partial charge in [-0.05, 0) is 45.7 Å². The molecule has 2 N–H and O–H groups in total. The molecular weight excluding hydrogens is 484 g/mol. The van der Waals surface area contributed by atoms with Gasteiger partial charge in [0.1, 0.15) is 10.8 Å². The molecule has 0 aliphatic carbocycles. The minimum absolute atomic E-state index is 0.158. The van der Waals surface area contributed by atoms with Crippen LogP contribution in [0.4, 0.5) is 22.0 Å². The fourth-order valence-corrected chi connectivity index (χ4v) is 4.85. The molecule has 0 saturated carbocycles. The van der Waals surface area contributed by atoms with Gasteiger partial charge in [-0.15, -0.1) is 0 Å². The molecule has 0 bridgehead atoms. The van der Waals surface area contributed by atoms with Crippen LogP contribution in [0, 0.1) is 5.41 Å². The van der Waals surface area contributed by atoms with Gasteiger partial charge in [0.25, 0.3) is 5.91 Å². The number of rotatable bonds is 5. The first-order valence-electron chi connectivity index (χ1n) is 11.9. The van der Waals surface area contributed by atoms with Crippen LogP contribution in [-0.2, 0) is 4.74 Å². The van der Waals surface area contributed by atoms with E-state index >= 15 is 0 Å². The number of amides is 2. The smallest absolute Gasteiger partial charge is 0.410 e. The number of nitrogens with zero attached hydrogens (tertiary/aromatic N) is 4. The van der Waals surface area contributed by atoms with E-state index in [9.17, 15) is 9.59 Å². The van der Waals surface area contributed by atoms with Gasteiger partial charge in [-0.3, -0.25) is 4.79 Å². The van der Waals surface area contributed by atoms with E-state index in [0.29, 0.717) is 35.9 Å². The minimum atomic E-state index is -0.494. The molecule has 4 heterocycles. The molecule has 2 amide bonds. The number of nitrogens with one attached hydrogen (secondary N) is 2. The van der Waals surface area contributed by atoms with Crippen molar-refractivity contribution in [2.24, 2.45) is 5.41 Å². The maximum atomic E-state index is 12.4. The van der Waals surface area contributed by atoms with Crippen molar-refractivity contribution >= 4 is 40.8 Å². The van der Waals surface area contributed by atoms with E-state index in [2.05, 4.69) is 25.5 Å². The summed E-state index contributed by atoms with van der Waals surface area (Å²) < 4.78 is 11.3. The lowest BCUT2D eigenvalue weighted by molar-refractivity contribution is 0.00594. The summed E-state index contributed by atoms with van der Waals surface area (Å²) in [5.41, 5.74) is 1.40. The van der Waals surface area contributed by atoms with E-state index in [1.165, 1.54) is 6.20 Å². The van der Waals surface area contributed by atoms with Gasteiger partial charge in [-0.1, -0.05) is 11.6 Å². The highest BCUT2D eigenvalue weighted by molar-refractivity contribution is 6.29. The molecule has 4 rings (SSSR count). The van der Waals surface area contributed by atoms with Gasteiger partial charge >= 0.3 is 6.09 Å². The van der Waals surface area contributed by atoms with Crippen molar-refractivity contribution in [3.63, 3.8) is 0 Å². The zero-order valence-corrected chi connectivity index (χ0v) is 22.1. The summed E-state index contributed by atoms with van der Waals surface area (Å²) in [5.74, 6) is 0.761. The van der Waals surface area contributed by atoms with Crippen LogP contribution in [0.3, 0.4) is 0 Å². The third-order valence-corrected chi connectivity index (χ3v) is 6.76. The van der Waals surface area contributed by atoms with Crippen molar-refractivity contribution < 1.29 is 19.1 Å². The summed E-state index contributed by atoms with van der Waals surface area (Å²) in [6.45, 7) is 8.75. The number of carbonyl (C=O) groups excluding carboxylic acids is 2. The molecule has 0 aromatic carbocycles. The number of aromatic nitrogens is 2. The maximum Gasteiger partial charge on any atom is 0.410 e. The van der Waals surface area contributed by atoms with Crippen molar-refractivity contribution in [1.82, 2.24) is 20.2 Å². The van der Waals surface area contributed by atoms with Gasteiger partial charge in [-0.25, -0.2) is 14.8 Å². The van der Waals surface area contributed by atoms with Crippen LogP contribution >= 0.6 is 11.6 Å². The number of piperidine rings is 1. The largest absolute Gasteiger partial charge is 0.491 e. The highest BCUT2D eigenvalue weighted by atomic mass is 35.5. The monoisotopic (exact) mass is 516 g/mol. The summed E-state index contributed by atoms with van der Waals surface area (Å²) in [7, 11) is 3.15. The Morgan fingerprint density at radius 3 is 2.47 bits per heavy atom. The van der Waals surface area contributed by atoms with Crippen molar-refractivity contribution in [2.45, 2.75) is 39.2 Å². The molecule has 2 aliphatic heterocycles. The molecule has 11 heteroatoms. The SMILES string of the molecule is CNC(=O)c1cnc(Cl)cc1Nc1nccc(N2CC3(CCN(C(=O)OC(C)(C)C)CC3)C2)c1OC. The van der Waals surface area contributed by atoms with Crippen LogP contribution in [-0.4, -0.2) is 72.8 Å². The van der Waals surface area contributed by atoms with Crippen LogP contribution in [0.25, 0.3) is 0 Å². The summed E-state index contributed by atoms with van der Waals surface area (Å²) in [6.07, 6.45) is 4.73. The number of hydrogen-bond donors (Lipinski definition) is 2. The third kappa shape index (κ3) is 5.43. The predicted octanol–water partition coefficient (Wildman–Crippen LogP) is 4.08. The lowest BCUT2D eigenvalue weighted by atomic mass is 9.72. The molecule has 1 spiro atoms. The number of likely N-dealkylation sites (tertiary alicyclic amines) is 1. The van der Waals surface area contributed by atoms with Crippen molar-refractivity contribution in [2.75, 3.05) is 50.6 Å². The van der Waals surface area contributed by atoms with E-state index in [4.69, 9.17) is 21.1 Å². The Morgan fingerprint density at radius 1 is 1.17 bits per heavy atom. The number of anilines is 3. The van der Waals surface area contributed by atoms with E-state index in [1.807, 2.05) is 26.8 Å². The highest BCUT2D eigenvalue weighted by Gasteiger charge is 2.46. The number of halogens is 1. The normalized spacial score (nSPS) is 16.8. The van der Waals surface area contributed by atoms with Crippen LogP contribution < -0.4 is 20.3 Å². The Balaban J connectivity index is 1.46. The zero-order chi connectivity index (χ0) is 26.1. The lowest BCUT2D eigenvalue weighted by Crippen LogP contribution is -2.61. The minimum Gasteiger partial charge on any atom is -0.491 e. The van der Waals surface area contributed by atoms with Gasteiger partial charge in [0.05, 0.1) is 24.0 Å². The Kier molecular flexibility index (Phi) is 7.17. The topological polar surface area (TPSA) is 109 Å². The second-order valence-corrected chi connectivity index (χ2v) is 10.7. The fourth-order valence-electron chi connectivity index (χ4n) is 4.69. The molecule has 2 aromatic heterocycles. The Hall–Kier alpha value is -3.27. The van der Waals surface area contributed by atoms with Crippen LogP contribution in [0.5, 0.6) is 5.75 Å². The van der Waals surface area contributed by atoms with E-state index in [0.717, 1.165) is 31.6 Å². The average Bonchev–Trinajstić information content (AvgIpc) is 2.81. The quantitative estimate of drug-likeness (QED) is 0.572. The van der Waals surface area contributed by atoms with Crippen LogP contribution in [0.15, 0.2) is 24.5 Å². The van der Waals surface area contributed by atoms with Crippen molar-refractivity contribution in [1.29, 1.82) is 0 Å². The van der Waals surface area contributed by atoms with Crippen LogP contribution in [0.2, 0.25) is 5.15 Å². The molecule has 2 fully saturated rings. The number of carbonyl (C=O) groups is 2. The molecule has 2 aliphatic rings. The molecular formula is C25H33ClN6O4. The first-order chi connectivity index (χ1) is 17.0. The Labute approximate surface area is 216 Å². The zero-order valence-electron chi connectivity index (χ0n) is 21.4. The van der Waals surface area contributed by atoms with Crippen LogP contribution in [0.1, 0.15) is 44.0 Å². The Bertz CT molecular complexity index is 1140. The molecule has 0 unspecified atom stereocenters. The first-order valence-corrected chi connectivity index (χ1v) is 12.3. The summed E-state index contributed by atoms with van der Waals surface area (Å²) in [6, 6.07) is 3.50.